The van der Waals surface area contributed by atoms with E-state index in [0.29, 0.717) is 12.1 Å². The third-order valence-corrected chi connectivity index (χ3v) is 3.22. The Morgan fingerprint density at radius 1 is 1.44 bits per heavy atom. The molecule has 0 aliphatic carbocycles. The highest BCUT2D eigenvalue weighted by Gasteiger charge is 2.18. The van der Waals surface area contributed by atoms with E-state index in [1.54, 1.807) is 13.2 Å². The molecule has 0 bridgehead atoms. The molecule has 0 spiro atoms. The number of hydrogen-bond acceptors (Lipinski definition) is 2. The molecule has 4 heteroatoms. The molecule has 1 rings (SSSR count). The molecule has 3 nitrogen and oxygen atoms in total. The van der Waals surface area contributed by atoms with Crippen molar-refractivity contribution in [3.05, 3.63) is 29.3 Å². The zero-order valence-corrected chi connectivity index (χ0v) is 13.0. The summed E-state index contributed by atoms with van der Waals surface area (Å²) in [5, 5.41) is 0.778. The number of rotatable bonds is 5. The minimum Gasteiger partial charge on any atom is -0.496 e. The molecule has 0 aromatic heterocycles. The van der Waals surface area contributed by atoms with Gasteiger partial charge >= 0.3 is 0 Å². The maximum Gasteiger partial charge on any atom is 0.254 e. The van der Waals surface area contributed by atoms with Crippen molar-refractivity contribution in [3.63, 3.8) is 0 Å². The van der Waals surface area contributed by atoms with Gasteiger partial charge in [-0.2, -0.15) is 0 Å². The Morgan fingerprint density at radius 3 is 2.61 bits per heavy atom. The van der Waals surface area contributed by atoms with Crippen molar-refractivity contribution in [2.24, 2.45) is 0 Å². The minimum absolute atomic E-state index is 0.0442. The Bertz CT molecular complexity index is 418. The van der Waals surface area contributed by atoms with Gasteiger partial charge in [-0.1, -0.05) is 22.0 Å². The third-order valence-electron chi connectivity index (χ3n) is 2.86. The number of methoxy groups -OCH3 is 1. The molecule has 0 heterocycles. The summed E-state index contributed by atoms with van der Waals surface area (Å²) in [6.07, 6.45) is 0. The van der Waals surface area contributed by atoms with E-state index in [1.807, 2.05) is 37.8 Å². The molecule has 0 atom stereocenters. The molecule has 0 aliphatic heterocycles. The van der Waals surface area contributed by atoms with Gasteiger partial charge in [-0.05, 0) is 38.5 Å². The Balaban J connectivity index is 3.01. The molecule has 100 valence electrons. The van der Waals surface area contributed by atoms with Crippen LogP contribution in [0.1, 0.15) is 29.8 Å². The molecule has 0 fully saturated rings. The maximum absolute atomic E-state index is 12.4. The zero-order valence-electron chi connectivity index (χ0n) is 11.4. The fraction of sp³-hybridized carbons (Fsp3) is 0.500. The van der Waals surface area contributed by atoms with Crippen LogP contribution in [0.15, 0.2) is 18.2 Å². The van der Waals surface area contributed by atoms with Gasteiger partial charge in [-0.25, -0.2) is 0 Å². The summed E-state index contributed by atoms with van der Waals surface area (Å²) in [7, 11) is 1.62. The molecule has 0 saturated heterocycles. The first-order valence-electron chi connectivity index (χ1n) is 6.02. The number of ether oxygens (including phenoxy) is 1. The van der Waals surface area contributed by atoms with Crippen molar-refractivity contribution in [2.45, 2.75) is 26.8 Å². The van der Waals surface area contributed by atoms with Gasteiger partial charge in [0.25, 0.3) is 5.91 Å². The van der Waals surface area contributed by atoms with Gasteiger partial charge in [-0.3, -0.25) is 4.79 Å². The highest BCUT2D eigenvalue weighted by Crippen LogP contribution is 2.20. The van der Waals surface area contributed by atoms with Crippen LogP contribution in [0.4, 0.5) is 0 Å². The van der Waals surface area contributed by atoms with E-state index in [1.165, 1.54) is 0 Å². The lowest BCUT2D eigenvalue weighted by molar-refractivity contribution is 0.0719. The topological polar surface area (TPSA) is 29.5 Å². The van der Waals surface area contributed by atoms with Gasteiger partial charge < -0.3 is 9.64 Å². The van der Waals surface area contributed by atoms with E-state index < -0.39 is 0 Å². The largest absolute Gasteiger partial charge is 0.496 e. The predicted octanol–water partition coefficient (Wildman–Crippen LogP) is 3.25. The number of carbonyl (C=O) groups excluding carboxylic acids is 1. The van der Waals surface area contributed by atoms with Crippen molar-refractivity contribution in [3.8, 4) is 5.75 Å². The molecular weight excluding hydrogens is 294 g/mol. The van der Waals surface area contributed by atoms with Crippen LogP contribution < -0.4 is 4.74 Å². The third kappa shape index (κ3) is 3.48. The molecular formula is C14H20BrNO2. The summed E-state index contributed by atoms with van der Waals surface area (Å²) in [6, 6.07) is 5.76. The average Bonchev–Trinajstić information content (AvgIpc) is 2.35. The van der Waals surface area contributed by atoms with Crippen molar-refractivity contribution in [2.75, 3.05) is 19.0 Å². The van der Waals surface area contributed by atoms with E-state index in [-0.39, 0.29) is 11.9 Å². The van der Waals surface area contributed by atoms with Gasteiger partial charge in [0.1, 0.15) is 5.75 Å². The quantitative estimate of drug-likeness (QED) is 0.781. The van der Waals surface area contributed by atoms with E-state index in [0.717, 1.165) is 16.6 Å². The molecule has 0 aliphatic rings. The predicted molar refractivity (Wildman–Crippen MR) is 77.7 cm³/mol. The number of carbonyl (C=O) groups is 1. The summed E-state index contributed by atoms with van der Waals surface area (Å²) < 4.78 is 5.26. The first-order chi connectivity index (χ1) is 8.51. The number of amides is 1. The molecule has 18 heavy (non-hydrogen) atoms. The highest BCUT2D eigenvalue weighted by molar-refractivity contribution is 9.09. The second-order valence-corrected chi connectivity index (χ2v) is 5.26. The van der Waals surface area contributed by atoms with Crippen LogP contribution in [0.5, 0.6) is 5.75 Å². The lowest BCUT2D eigenvalue weighted by Crippen LogP contribution is -2.38. The van der Waals surface area contributed by atoms with Gasteiger partial charge in [0.15, 0.2) is 0 Å². The van der Waals surface area contributed by atoms with Crippen molar-refractivity contribution >= 4 is 21.8 Å². The molecule has 1 aromatic carbocycles. The maximum atomic E-state index is 12.4. The summed E-state index contributed by atoms with van der Waals surface area (Å²) in [6.45, 7) is 6.70. The molecule has 1 amide bonds. The van der Waals surface area contributed by atoms with Gasteiger partial charge in [0.05, 0.1) is 7.11 Å². The Kier molecular flexibility index (Phi) is 5.66. The number of benzene rings is 1. The fourth-order valence-corrected chi connectivity index (χ4v) is 2.19. The summed E-state index contributed by atoms with van der Waals surface area (Å²) in [5.74, 6) is 0.797. The van der Waals surface area contributed by atoms with E-state index >= 15 is 0 Å². The Hall–Kier alpha value is -1.03. The van der Waals surface area contributed by atoms with Crippen molar-refractivity contribution < 1.29 is 9.53 Å². The van der Waals surface area contributed by atoms with E-state index in [2.05, 4.69) is 15.9 Å². The molecule has 0 N–H and O–H groups in total. The second-order valence-electron chi connectivity index (χ2n) is 4.47. The van der Waals surface area contributed by atoms with Crippen molar-refractivity contribution in [1.82, 2.24) is 4.90 Å². The minimum atomic E-state index is 0.0442. The van der Waals surface area contributed by atoms with Gasteiger partial charge in [0, 0.05) is 23.5 Å². The monoisotopic (exact) mass is 313 g/mol. The fourth-order valence-electron chi connectivity index (χ4n) is 1.80. The number of aryl methyl sites for hydroxylation is 1. The average molecular weight is 314 g/mol. The SMILES string of the molecule is COc1cc(C(=O)N(CCBr)C(C)C)ccc1C. The highest BCUT2D eigenvalue weighted by atomic mass is 79.9. The van der Waals surface area contributed by atoms with Gasteiger partial charge in [-0.15, -0.1) is 0 Å². The summed E-state index contributed by atoms with van der Waals surface area (Å²) >= 11 is 3.38. The molecule has 1 aromatic rings. The first-order valence-corrected chi connectivity index (χ1v) is 7.15. The summed E-state index contributed by atoms with van der Waals surface area (Å²) in [4.78, 5) is 14.3. The Morgan fingerprint density at radius 2 is 2.11 bits per heavy atom. The van der Waals surface area contributed by atoms with Crippen LogP contribution >= 0.6 is 15.9 Å². The lowest BCUT2D eigenvalue weighted by Gasteiger charge is -2.26. The molecule has 0 saturated carbocycles. The Labute approximate surface area is 117 Å². The number of alkyl halides is 1. The van der Waals surface area contributed by atoms with Crippen LogP contribution in [0, 0.1) is 6.92 Å². The lowest BCUT2D eigenvalue weighted by atomic mass is 10.1. The molecule has 0 unspecified atom stereocenters. The van der Waals surface area contributed by atoms with Crippen LogP contribution in [-0.4, -0.2) is 35.8 Å². The van der Waals surface area contributed by atoms with Crippen LogP contribution in [0.25, 0.3) is 0 Å². The van der Waals surface area contributed by atoms with Crippen LogP contribution in [-0.2, 0) is 0 Å². The number of nitrogens with zero attached hydrogens (tertiary/aromatic N) is 1. The van der Waals surface area contributed by atoms with Crippen LogP contribution in [0.2, 0.25) is 0 Å². The van der Waals surface area contributed by atoms with E-state index in [4.69, 9.17) is 4.74 Å². The number of halogens is 1. The van der Waals surface area contributed by atoms with E-state index in [9.17, 15) is 4.79 Å². The standard InChI is InChI=1S/C14H20BrNO2/c1-10(2)16(8-7-15)14(17)12-6-5-11(3)13(9-12)18-4/h5-6,9-10H,7-8H2,1-4H3. The molecule has 0 radical (unpaired) electrons. The zero-order chi connectivity index (χ0) is 13.7. The summed E-state index contributed by atoms with van der Waals surface area (Å²) in [5.41, 5.74) is 1.71. The van der Waals surface area contributed by atoms with Gasteiger partial charge in [0.2, 0.25) is 0 Å². The smallest absolute Gasteiger partial charge is 0.254 e. The first kappa shape index (κ1) is 15.0. The number of hydrogen-bond donors (Lipinski definition) is 0. The van der Waals surface area contributed by atoms with Crippen LogP contribution in [0.3, 0.4) is 0 Å². The second kappa shape index (κ2) is 6.78. The normalized spacial score (nSPS) is 10.6. The van der Waals surface area contributed by atoms with Crippen molar-refractivity contribution in [1.29, 1.82) is 0 Å².